The monoisotopic (exact) mass is 521 g/mol. The van der Waals surface area contributed by atoms with E-state index in [1.807, 2.05) is 4.90 Å². The molecule has 0 aliphatic carbocycles. The number of halogens is 1. The van der Waals surface area contributed by atoms with Crippen LogP contribution in [0.1, 0.15) is 50.2 Å². The maximum Gasteiger partial charge on any atom is 0.251 e. The number of thiazole rings is 1. The number of piperazine rings is 1. The fraction of sp³-hybridized carbons (Fsp3) is 0.737. The number of carbonyl (C=O) groups is 1. The van der Waals surface area contributed by atoms with Crippen LogP contribution in [0.15, 0.2) is 10.4 Å². The van der Waals surface area contributed by atoms with Crippen molar-refractivity contribution in [3.05, 3.63) is 16.1 Å². The second-order valence-corrected chi connectivity index (χ2v) is 8.21. The Morgan fingerprint density at radius 2 is 2.07 bits per heavy atom. The summed E-state index contributed by atoms with van der Waals surface area (Å²) in [6, 6.07) is 0. The molecule has 9 heteroatoms. The first-order valence-electron chi connectivity index (χ1n) is 9.96. The Balaban J connectivity index is 0.00000280. The Morgan fingerprint density at radius 3 is 2.64 bits per heavy atom. The topological polar surface area (TPSA) is 70.1 Å². The van der Waals surface area contributed by atoms with Gasteiger partial charge >= 0.3 is 0 Å². The average Bonchev–Trinajstić information content (AvgIpc) is 3.36. The third-order valence-electron chi connectivity index (χ3n) is 4.89. The second-order valence-electron chi connectivity index (χ2n) is 7.32. The van der Waals surface area contributed by atoms with Crippen LogP contribution in [-0.4, -0.2) is 72.1 Å². The molecule has 1 N–H and O–H groups in total. The highest BCUT2D eigenvalue weighted by Crippen LogP contribution is 2.20. The van der Waals surface area contributed by atoms with Gasteiger partial charge in [0.15, 0.2) is 5.96 Å². The lowest BCUT2D eigenvalue weighted by molar-refractivity contribution is -0.142. The number of hydrogen-bond acceptors (Lipinski definition) is 5. The molecule has 1 aromatic heterocycles. The van der Waals surface area contributed by atoms with Gasteiger partial charge in [0.05, 0.1) is 17.2 Å². The van der Waals surface area contributed by atoms with Crippen molar-refractivity contribution in [1.29, 1.82) is 0 Å². The van der Waals surface area contributed by atoms with Crippen LogP contribution in [0.3, 0.4) is 0 Å². The summed E-state index contributed by atoms with van der Waals surface area (Å²) in [4.78, 5) is 26.1. The van der Waals surface area contributed by atoms with E-state index in [0.717, 1.165) is 62.2 Å². The van der Waals surface area contributed by atoms with E-state index in [1.165, 1.54) is 0 Å². The minimum absolute atomic E-state index is 0. The molecule has 0 radical (unpaired) electrons. The van der Waals surface area contributed by atoms with E-state index in [-0.39, 0.29) is 36.0 Å². The van der Waals surface area contributed by atoms with Gasteiger partial charge in [0, 0.05) is 50.6 Å². The van der Waals surface area contributed by atoms with E-state index in [0.29, 0.717) is 19.1 Å². The van der Waals surface area contributed by atoms with Crippen molar-refractivity contribution in [2.24, 2.45) is 4.99 Å². The Hall–Kier alpha value is -0.940. The van der Waals surface area contributed by atoms with Gasteiger partial charge in [-0.3, -0.25) is 4.79 Å². The van der Waals surface area contributed by atoms with Crippen LogP contribution in [0.5, 0.6) is 0 Å². The number of hydrogen-bond donors (Lipinski definition) is 1. The predicted molar refractivity (Wildman–Crippen MR) is 124 cm³/mol. The summed E-state index contributed by atoms with van der Waals surface area (Å²) in [7, 11) is 0. The lowest BCUT2D eigenvalue weighted by Gasteiger charge is -2.37. The third-order valence-corrected chi connectivity index (χ3v) is 6.08. The minimum Gasteiger partial charge on any atom is -0.368 e. The van der Waals surface area contributed by atoms with E-state index in [9.17, 15) is 4.79 Å². The number of carbonyl (C=O) groups excluding carboxylic acids is 1. The second kappa shape index (κ2) is 11.3. The highest BCUT2D eigenvalue weighted by molar-refractivity contribution is 14.0. The normalized spacial score (nSPS) is 20.4. The van der Waals surface area contributed by atoms with Crippen LogP contribution < -0.4 is 5.32 Å². The molecule has 1 atom stereocenters. The van der Waals surface area contributed by atoms with Gasteiger partial charge in [-0.15, -0.1) is 35.3 Å². The lowest BCUT2D eigenvalue weighted by Crippen LogP contribution is -2.55. The molecule has 0 spiro atoms. The van der Waals surface area contributed by atoms with E-state index in [2.05, 4.69) is 41.4 Å². The number of amides is 1. The van der Waals surface area contributed by atoms with Gasteiger partial charge < -0.3 is 19.9 Å². The minimum atomic E-state index is -0.224. The molecule has 1 aromatic rings. The maximum atomic E-state index is 12.5. The van der Waals surface area contributed by atoms with Gasteiger partial charge in [0.25, 0.3) is 5.91 Å². The van der Waals surface area contributed by atoms with Crippen LogP contribution in [0.2, 0.25) is 0 Å². The Morgan fingerprint density at radius 1 is 1.36 bits per heavy atom. The lowest BCUT2D eigenvalue weighted by atomic mass is 10.2. The largest absolute Gasteiger partial charge is 0.368 e. The Labute approximate surface area is 189 Å². The highest BCUT2D eigenvalue weighted by Gasteiger charge is 2.30. The van der Waals surface area contributed by atoms with E-state index in [4.69, 9.17) is 9.73 Å². The molecule has 1 unspecified atom stereocenters. The van der Waals surface area contributed by atoms with Gasteiger partial charge in [-0.1, -0.05) is 13.8 Å². The van der Waals surface area contributed by atoms with Gasteiger partial charge in [-0.2, -0.15) is 0 Å². The summed E-state index contributed by atoms with van der Waals surface area (Å²) in [6.07, 6.45) is 1.62. The zero-order chi connectivity index (χ0) is 19.2. The summed E-state index contributed by atoms with van der Waals surface area (Å²) in [5, 5.41) is 6.63. The fourth-order valence-electron chi connectivity index (χ4n) is 3.36. The number of nitrogens with one attached hydrogen (secondary N) is 1. The molecule has 2 saturated heterocycles. The van der Waals surface area contributed by atoms with E-state index in [1.54, 1.807) is 11.3 Å². The highest BCUT2D eigenvalue weighted by atomic mass is 127. The summed E-state index contributed by atoms with van der Waals surface area (Å²) in [6.45, 7) is 11.5. The van der Waals surface area contributed by atoms with Gasteiger partial charge in [0.1, 0.15) is 6.10 Å². The van der Waals surface area contributed by atoms with Crippen LogP contribution in [0, 0.1) is 0 Å². The molecule has 2 fully saturated rings. The number of ether oxygens (including phenoxy) is 1. The van der Waals surface area contributed by atoms with Crippen LogP contribution in [-0.2, 0) is 16.1 Å². The third kappa shape index (κ3) is 6.03. The van der Waals surface area contributed by atoms with Crippen LogP contribution in [0.25, 0.3) is 0 Å². The van der Waals surface area contributed by atoms with Gasteiger partial charge in [-0.05, 0) is 19.8 Å². The van der Waals surface area contributed by atoms with Gasteiger partial charge in [0.2, 0.25) is 0 Å². The van der Waals surface area contributed by atoms with Gasteiger partial charge in [-0.25, -0.2) is 9.98 Å². The van der Waals surface area contributed by atoms with Crippen molar-refractivity contribution >= 4 is 47.2 Å². The first kappa shape index (κ1) is 23.3. The van der Waals surface area contributed by atoms with Crippen molar-refractivity contribution < 1.29 is 9.53 Å². The molecule has 158 valence electrons. The molecule has 2 aliphatic rings. The standard InChI is InChI=1S/C19H31N5O2S.HI/c1-4-20-19(21-12-15-13-27-17(22-15)14(2)3)24-9-7-23(8-10-24)18(25)16-6-5-11-26-16;/h13-14,16H,4-12H2,1-3H3,(H,20,21);1H. The molecule has 3 rings (SSSR count). The summed E-state index contributed by atoms with van der Waals surface area (Å²) in [5.74, 6) is 1.51. The average molecular weight is 521 g/mol. The number of rotatable bonds is 5. The summed E-state index contributed by atoms with van der Waals surface area (Å²) < 4.78 is 5.54. The maximum absolute atomic E-state index is 12.5. The Bertz CT molecular complexity index is 653. The first-order valence-corrected chi connectivity index (χ1v) is 10.8. The molecule has 28 heavy (non-hydrogen) atoms. The molecule has 3 heterocycles. The van der Waals surface area contributed by atoms with Crippen LogP contribution >= 0.6 is 35.3 Å². The van der Waals surface area contributed by atoms with Crippen molar-refractivity contribution in [3.8, 4) is 0 Å². The zero-order valence-corrected chi connectivity index (χ0v) is 20.2. The first-order chi connectivity index (χ1) is 13.1. The number of nitrogens with zero attached hydrogens (tertiary/aromatic N) is 4. The van der Waals surface area contributed by atoms with Crippen LogP contribution in [0.4, 0.5) is 0 Å². The van der Waals surface area contributed by atoms with Crippen molar-refractivity contribution in [2.45, 2.75) is 52.2 Å². The quantitative estimate of drug-likeness (QED) is 0.367. The van der Waals surface area contributed by atoms with E-state index >= 15 is 0 Å². The summed E-state index contributed by atoms with van der Waals surface area (Å²) >= 11 is 1.70. The van der Waals surface area contributed by atoms with Crippen molar-refractivity contribution in [2.75, 3.05) is 39.3 Å². The smallest absolute Gasteiger partial charge is 0.251 e. The predicted octanol–water partition coefficient (Wildman–Crippen LogP) is 2.67. The molecule has 0 saturated carbocycles. The molecular formula is C19H32IN5O2S. The molecule has 7 nitrogen and oxygen atoms in total. The summed E-state index contributed by atoms with van der Waals surface area (Å²) in [5.41, 5.74) is 1.02. The molecule has 0 bridgehead atoms. The number of guanidine groups is 1. The Kier molecular flexibility index (Phi) is 9.42. The number of aromatic nitrogens is 1. The zero-order valence-electron chi connectivity index (χ0n) is 17.0. The SMILES string of the molecule is CCNC(=NCc1csc(C(C)C)n1)N1CCN(C(=O)C2CCCO2)CC1.I. The van der Waals surface area contributed by atoms with Crippen molar-refractivity contribution in [1.82, 2.24) is 20.1 Å². The molecule has 1 amide bonds. The molecule has 0 aromatic carbocycles. The fourth-order valence-corrected chi connectivity index (χ4v) is 4.18. The van der Waals surface area contributed by atoms with Crippen molar-refractivity contribution in [3.63, 3.8) is 0 Å². The molecule has 2 aliphatic heterocycles. The molecular weight excluding hydrogens is 489 g/mol. The number of aliphatic imine (C=N–C) groups is 1. The van der Waals surface area contributed by atoms with E-state index < -0.39 is 0 Å².